The van der Waals surface area contributed by atoms with Gasteiger partial charge in [-0.15, -0.1) is 0 Å². The lowest BCUT2D eigenvalue weighted by Crippen LogP contribution is -2.68. The number of fused-ring (bicyclic) bond motifs is 4. The number of aromatic hydroxyl groups is 1. The van der Waals surface area contributed by atoms with Crippen LogP contribution in [0.4, 0.5) is 16.2 Å². The van der Waals surface area contributed by atoms with Crippen molar-refractivity contribution in [1.82, 2.24) is 4.90 Å². The first kappa shape index (κ1) is 30.3. The third kappa shape index (κ3) is 4.55. The Balaban J connectivity index is 1.38. The maximum Gasteiger partial charge on any atom is 0.323 e. The number of rotatable bonds is 4. The van der Waals surface area contributed by atoms with E-state index < -0.39 is 82.9 Å². The van der Waals surface area contributed by atoms with E-state index in [1.165, 1.54) is 6.07 Å². The number of nitrogens with two attached hydrogens (primary N) is 1. The number of nitrogens with zero attached hydrogens (tertiary/aromatic N) is 1. The molecule has 0 bridgehead atoms. The molecule has 6 rings (SSSR count). The van der Waals surface area contributed by atoms with Crippen LogP contribution in [0, 0.1) is 23.7 Å². The number of carbonyl (C=O) groups excluding carboxylic acids is 4. The summed E-state index contributed by atoms with van der Waals surface area (Å²) in [6.45, 7) is 1.71. The number of aliphatic hydroxyl groups is 3. The molecular weight excluding hydrogens is 580 g/mol. The lowest BCUT2D eigenvalue weighted by molar-refractivity contribution is -0.166. The Morgan fingerprint density at radius 3 is 2.24 bits per heavy atom. The van der Waals surface area contributed by atoms with Crippen molar-refractivity contribution in [1.29, 1.82) is 0 Å². The topological polar surface area (TPSA) is 203 Å². The molecule has 0 spiro atoms. The molecule has 3 aromatic carbocycles. The van der Waals surface area contributed by atoms with Crippen LogP contribution in [-0.2, 0) is 14.4 Å². The molecule has 12 heteroatoms. The van der Waals surface area contributed by atoms with E-state index in [-0.39, 0.29) is 16.8 Å². The summed E-state index contributed by atoms with van der Waals surface area (Å²) < 4.78 is 0. The summed E-state index contributed by atoms with van der Waals surface area (Å²) in [6.07, 6.45) is -2.95. The molecule has 8 atom stereocenters. The highest BCUT2D eigenvalue weighted by molar-refractivity contribution is 6.20. The van der Waals surface area contributed by atoms with Gasteiger partial charge in [-0.1, -0.05) is 49.4 Å². The number of primary amides is 1. The zero-order chi connectivity index (χ0) is 32.5. The summed E-state index contributed by atoms with van der Waals surface area (Å²) >= 11 is 0. The minimum Gasteiger partial charge on any atom is -0.507 e. The Kier molecular flexibility index (Phi) is 7.39. The van der Waals surface area contributed by atoms with Gasteiger partial charge in [0.15, 0.2) is 11.6 Å². The summed E-state index contributed by atoms with van der Waals surface area (Å²) in [4.78, 5) is 54.4. The second-order valence-electron chi connectivity index (χ2n) is 12.2. The lowest BCUT2D eigenvalue weighted by Gasteiger charge is -2.53. The second kappa shape index (κ2) is 11.0. The molecule has 3 amide bonds. The zero-order valence-electron chi connectivity index (χ0n) is 24.8. The first-order chi connectivity index (χ1) is 21.3. The number of ketones is 2. The lowest BCUT2D eigenvalue weighted by atomic mass is 9.54. The van der Waals surface area contributed by atoms with Crippen LogP contribution in [0.15, 0.2) is 60.2 Å². The van der Waals surface area contributed by atoms with Gasteiger partial charge in [-0.2, -0.15) is 0 Å². The van der Waals surface area contributed by atoms with Crippen LogP contribution in [0.3, 0.4) is 0 Å². The van der Waals surface area contributed by atoms with Crippen molar-refractivity contribution in [2.45, 2.75) is 31.1 Å². The maximum absolute atomic E-state index is 14.1. The second-order valence-corrected chi connectivity index (χ2v) is 12.2. The highest BCUT2D eigenvalue weighted by Crippen LogP contribution is 2.55. The molecule has 3 aromatic rings. The van der Waals surface area contributed by atoms with Crippen molar-refractivity contribution in [2.75, 3.05) is 24.7 Å². The Hall–Kier alpha value is -4.78. The number of amides is 3. The van der Waals surface area contributed by atoms with Crippen LogP contribution in [0.5, 0.6) is 5.75 Å². The first-order valence-electron chi connectivity index (χ1n) is 14.6. The fraction of sp³-hybridized carbons (Fsp3) is 0.333. The van der Waals surface area contributed by atoms with Crippen molar-refractivity contribution in [2.24, 2.45) is 29.4 Å². The van der Waals surface area contributed by atoms with E-state index in [9.17, 15) is 39.6 Å². The predicted octanol–water partition coefficient (Wildman–Crippen LogP) is 2.34. The van der Waals surface area contributed by atoms with E-state index in [1.807, 2.05) is 30.3 Å². The molecule has 0 aliphatic heterocycles. The third-order valence-electron chi connectivity index (χ3n) is 9.65. The molecule has 3 aliphatic rings. The van der Waals surface area contributed by atoms with E-state index in [4.69, 9.17) is 5.73 Å². The number of nitrogens with one attached hydrogen (secondary N) is 2. The van der Waals surface area contributed by atoms with Crippen molar-refractivity contribution < 1.29 is 39.6 Å². The molecule has 6 unspecified atom stereocenters. The van der Waals surface area contributed by atoms with Crippen LogP contribution in [-0.4, -0.2) is 81.2 Å². The van der Waals surface area contributed by atoms with Crippen LogP contribution >= 0.6 is 0 Å². The molecule has 0 saturated heterocycles. The van der Waals surface area contributed by atoms with Gasteiger partial charge in [-0.05, 0) is 43.1 Å². The number of phenolic OH excluding ortho intramolecular Hbond substituents is 1. The molecule has 2 fully saturated rings. The van der Waals surface area contributed by atoms with Crippen molar-refractivity contribution in [3.63, 3.8) is 0 Å². The van der Waals surface area contributed by atoms with E-state index in [2.05, 4.69) is 10.6 Å². The van der Waals surface area contributed by atoms with Gasteiger partial charge in [0.05, 0.1) is 35.1 Å². The van der Waals surface area contributed by atoms with Gasteiger partial charge in [-0.25, -0.2) is 4.79 Å². The highest BCUT2D eigenvalue weighted by atomic mass is 16.3. The number of likely N-dealkylation sites (N-methyl/N-ethyl adjacent to an activating group) is 1. The number of benzene rings is 3. The number of anilines is 2. The van der Waals surface area contributed by atoms with Crippen molar-refractivity contribution >= 4 is 51.4 Å². The number of hydrogen-bond acceptors (Lipinski definition) is 9. The Labute approximate surface area is 258 Å². The van der Waals surface area contributed by atoms with Gasteiger partial charge >= 0.3 is 6.03 Å². The van der Waals surface area contributed by atoms with Gasteiger partial charge in [0.25, 0.3) is 0 Å². The number of phenols is 1. The van der Waals surface area contributed by atoms with E-state index in [1.54, 1.807) is 44.1 Å². The Morgan fingerprint density at radius 1 is 0.889 bits per heavy atom. The van der Waals surface area contributed by atoms with E-state index in [0.29, 0.717) is 11.3 Å². The van der Waals surface area contributed by atoms with Gasteiger partial charge in [0, 0.05) is 28.8 Å². The van der Waals surface area contributed by atoms with Gasteiger partial charge in [-0.3, -0.25) is 14.4 Å². The molecule has 45 heavy (non-hydrogen) atoms. The van der Waals surface area contributed by atoms with Gasteiger partial charge < -0.3 is 41.7 Å². The highest BCUT2D eigenvalue weighted by Gasteiger charge is 2.63. The average molecular weight is 615 g/mol. The molecule has 2 saturated carbocycles. The number of urea groups is 1. The molecule has 12 nitrogen and oxygen atoms in total. The van der Waals surface area contributed by atoms with E-state index in [0.717, 1.165) is 10.8 Å². The third-order valence-corrected chi connectivity index (χ3v) is 9.65. The minimum atomic E-state index is -1.69. The molecule has 0 radical (unpaired) electrons. The van der Waals surface area contributed by atoms with Gasteiger partial charge in [0.2, 0.25) is 5.91 Å². The van der Waals surface area contributed by atoms with Crippen LogP contribution in [0.2, 0.25) is 0 Å². The molecular formula is C33H34N4O8. The smallest absolute Gasteiger partial charge is 0.323 e. The monoisotopic (exact) mass is 614 g/mol. The SMILES string of the molecule is C[C@H]1c2ccc(NC(=O)Nc3cccc4ccccc34)c(O)c2C(O)=C2C(=O)C3C(=O)C(C(N)=O)C(O)C(N(C)C)C3[C@@H](O)C21. The van der Waals surface area contributed by atoms with Crippen molar-refractivity contribution in [3.8, 4) is 5.75 Å². The summed E-state index contributed by atoms with van der Waals surface area (Å²) in [5.74, 6) is -9.96. The molecule has 8 N–H and O–H groups in total. The normalized spacial score (nSPS) is 29.2. The standard InChI is InChI=1S/C33H34N4O8/c1-13-15-11-12-18(36-33(45)35-17-10-6-8-14-7-4-5-9-16(14)17)26(38)20(15)28(40)22-19(13)27(39)21-23(29(22)41)30(42)24(32(34)44)31(43)25(21)37(2)3/h4-13,19,21,23-25,27,31,38-40,43H,1-3H3,(H2,34,44)(H2,35,36,45)/t13-,19?,21?,23?,24?,25?,27-,31?/m0/s1. The van der Waals surface area contributed by atoms with Gasteiger partial charge in [0.1, 0.15) is 17.4 Å². The number of Topliss-reactive ketones (excluding diaryl/α,β-unsaturated/α-hetero) is 2. The largest absolute Gasteiger partial charge is 0.507 e. The average Bonchev–Trinajstić information content (AvgIpc) is 2.98. The van der Waals surface area contributed by atoms with E-state index >= 15 is 0 Å². The predicted molar refractivity (Wildman–Crippen MR) is 165 cm³/mol. The zero-order valence-corrected chi connectivity index (χ0v) is 24.8. The summed E-state index contributed by atoms with van der Waals surface area (Å²) in [5, 5.41) is 52.7. The number of aliphatic hydroxyl groups excluding tert-OH is 3. The van der Waals surface area contributed by atoms with Crippen LogP contribution < -0.4 is 16.4 Å². The molecule has 3 aliphatic carbocycles. The van der Waals surface area contributed by atoms with Crippen molar-refractivity contribution in [3.05, 3.63) is 71.3 Å². The number of hydrogen-bond donors (Lipinski definition) is 7. The maximum atomic E-state index is 14.1. The minimum absolute atomic E-state index is 0.0516. The number of carbonyl (C=O) groups is 4. The fourth-order valence-corrected chi connectivity index (χ4v) is 7.67. The molecule has 0 heterocycles. The Bertz CT molecular complexity index is 1800. The molecule has 0 aromatic heterocycles. The summed E-state index contributed by atoms with van der Waals surface area (Å²) in [6, 6.07) is 14.3. The molecule has 234 valence electrons. The summed E-state index contributed by atoms with van der Waals surface area (Å²) in [5.41, 5.74) is 5.97. The first-order valence-corrected chi connectivity index (χ1v) is 14.6. The quantitative estimate of drug-likeness (QED) is 0.170. The Morgan fingerprint density at radius 2 is 1.56 bits per heavy atom. The van der Waals surface area contributed by atoms with Crippen LogP contribution in [0.25, 0.3) is 16.5 Å². The van der Waals surface area contributed by atoms with Crippen LogP contribution in [0.1, 0.15) is 24.0 Å². The summed E-state index contributed by atoms with van der Waals surface area (Å²) in [7, 11) is 3.20. The fourth-order valence-electron chi connectivity index (χ4n) is 7.67.